The van der Waals surface area contributed by atoms with E-state index in [0.717, 1.165) is 42.5 Å². The van der Waals surface area contributed by atoms with Crippen LogP contribution in [0.5, 0.6) is 5.75 Å². The largest absolute Gasteiger partial charge is 0.496 e. The van der Waals surface area contributed by atoms with E-state index in [4.69, 9.17) is 14.7 Å². The Kier molecular flexibility index (Phi) is 6.30. The van der Waals surface area contributed by atoms with Gasteiger partial charge in [0.2, 0.25) is 5.95 Å². The summed E-state index contributed by atoms with van der Waals surface area (Å²) >= 11 is 0. The summed E-state index contributed by atoms with van der Waals surface area (Å²) in [7, 11) is 3.68. The molecule has 0 N–H and O–H groups in total. The predicted octanol–water partition coefficient (Wildman–Crippen LogP) is 3.52. The second kappa shape index (κ2) is 9.12. The van der Waals surface area contributed by atoms with Gasteiger partial charge in [0.15, 0.2) is 0 Å². The van der Waals surface area contributed by atoms with Crippen molar-refractivity contribution in [3.63, 3.8) is 0 Å². The van der Waals surface area contributed by atoms with Gasteiger partial charge in [0.05, 0.1) is 24.9 Å². The fraction of sp³-hybridized carbons (Fsp3) is 0.542. The van der Waals surface area contributed by atoms with E-state index in [2.05, 4.69) is 30.7 Å². The van der Waals surface area contributed by atoms with E-state index >= 15 is 0 Å². The van der Waals surface area contributed by atoms with E-state index in [9.17, 15) is 4.79 Å². The zero-order chi connectivity index (χ0) is 22.0. The van der Waals surface area contributed by atoms with Crippen LogP contribution in [0.3, 0.4) is 0 Å². The van der Waals surface area contributed by atoms with Crippen molar-refractivity contribution in [1.29, 1.82) is 0 Å². The van der Waals surface area contributed by atoms with Gasteiger partial charge in [-0.3, -0.25) is 4.79 Å². The van der Waals surface area contributed by atoms with Crippen LogP contribution in [0.4, 0.5) is 11.8 Å². The summed E-state index contributed by atoms with van der Waals surface area (Å²) in [6, 6.07) is 7.71. The monoisotopic (exact) mass is 423 g/mol. The van der Waals surface area contributed by atoms with Gasteiger partial charge in [-0.2, -0.15) is 4.98 Å². The SMILES string of the molecule is COc1ccccc1C(=O)N1CCc2nc(N3CCCCC3)nc(N(C)C(C)C)c2C1. The van der Waals surface area contributed by atoms with Gasteiger partial charge < -0.3 is 19.4 Å². The fourth-order valence-corrected chi connectivity index (χ4v) is 4.32. The molecule has 0 spiro atoms. The van der Waals surface area contributed by atoms with Crippen LogP contribution in [0.2, 0.25) is 0 Å². The first-order chi connectivity index (χ1) is 15.0. The lowest BCUT2D eigenvalue weighted by molar-refractivity contribution is 0.0730. The second-order valence-electron chi connectivity index (χ2n) is 8.70. The molecule has 7 nitrogen and oxygen atoms in total. The smallest absolute Gasteiger partial charge is 0.257 e. The number of hydrogen-bond donors (Lipinski definition) is 0. The molecule has 31 heavy (non-hydrogen) atoms. The molecule has 0 aliphatic carbocycles. The van der Waals surface area contributed by atoms with E-state index in [1.165, 1.54) is 19.3 Å². The molecule has 0 radical (unpaired) electrons. The maximum absolute atomic E-state index is 13.3. The third-order valence-corrected chi connectivity index (χ3v) is 6.40. The van der Waals surface area contributed by atoms with Crippen molar-refractivity contribution in [1.82, 2.24) is 14.9 Å². The number of aromatic nitrogens is 2. The quantitative estimate of drug-likeness (QED) is 0.733. The Bertz CT molecular complexity index is 940. The normalized spacial score (nSPS) is 16.3. The Hall–Kier alpha value is -2.83. The number of carbonyl (C=O) groups excluding carboxylic acids is 1. The summed E-state index contributed by atoms with van der Waals surface area (Å²) in [5.74, 6) is 2.37. The molecule has 0 bridgehead atoms. The first-order valence-electron chi connectivity index (χ1n) is 11.3. The summed E-state index contributed by atoms with van der Waals surface area (Å²) in [5, 5.41) is 0. The molecule has 3 heterocycles. The van der Waals surface area contributed by atoms with E-state index in [0.29, 0.717) is 30.4 Å². The summed E-state index contributed by atoms with van der Waals surface area (Å²) in [6.45, 7) is 7.51. The van der Waals surface area contributed by atoms with Crippen LogP contribution in [-0.2, 0) is 13.0 Å². The second-order valence-corrected chi connectivity index (χ2v) is 8.70. The molecule has 4 rings (SSSR count). The highest BCUT2D eigenvalue weighted by Gasteiger charge is 2.30. The number of carbonyl (C=O) groups is 1. The van der Waals surface area contributed by atoms with Crippen molar-refractivity contribution in [2.45, 2.75) is 52.1 Å². The highest BCUT2D eigenvalue weighted by atomic mass is 16.5. The van der Waals surface area contributed by atoms with E-state index in [1.54, 1.807) is 7.11 Å². The molecule has 0 unspecified atom stereocenters. The minimum absolute atomic E-state index is 0.0126. The molecule has 0 atom stereocenters. The van der Waals surface area contributed by atoms with E-state index in [1.807, 2.05) is 29.2 Å². The van der Waals surface area contributed by atoms with Gasteiger partial charge in [0, 0.05) is 44.7 Å². The predicted molar refractivity (Wildman–Crippen MR) is 123 cm³/mol. The van der Waals surface area contributed by atoms with Crippen LogP contribution in [0.1, 0.15) is 54.7 Å². The molecule has 1 saturated heterocycles. The summed E-state index contributed by atoms with van der Waals surface area (Å²) in [6.07, 6.45) is 4.40. The molecular formula is C24H33N5O2. The number of anilines is 2. The van der Waals surface area contributed by atoms with Crippen LogP contribution in [0, 0.1) is 0 Å². The number of piperidine rings is 1. The Morgan fingerprint density at radius 2 is 1.84 bits per heavy atom. The molecular weight excluding hydrogens is 390 g/mol. The van der Waals surface area contributed by atoms with E-state index in [-0.39, 0.29) is 5.91 Å². The number of ether oxygens (including phenoxy) is 1. The maximum atomic E-state index is 13.3. The van der Waals surface area contributed by atoms with E-state index < -0.39 is 0 Å². The first-order valence-corrected chi connectivity index (χ1v) is 11.3. The zero-order valence-electron chi connectivity index (χ0n) is 19.1. The summed E-state index contributed by atoms with van der Waals surface area (Å²) in [4.78, 5) is 29.7. The molecule has 1 aromatic heterocycles. The minimum atomic E-state index is -0.0126. The lowest BCUT2D eigenvalue weighted by Crippen LogP contribution is -2.40. The van der Waals surface area contributed by atoms with Gasteiger partial charge in [-0.1, -0.05) is 12.1 Å². The van der Waals surface area contributed by atoms with Gasteiger partial charge in [0.25, 0.3) is 5.91 Å². The number of fused-ring (bicyclic) bond motifs is 1. The first kappa shape index (κ1) is 21.4. The molecule has 2 aliphatic rings. The highest BCUT2D eigenvalue weighted by molar-refractivity contribution is 5.97. The lowest BCUT2D eigenvalue weighted by atomic mass is 10.0. The van der Waals surface area contributed by atoms with Gasteiger partial charge in [-0.25, -0.2) is 4.98 Å². The van der Waals surface area contributed by atoms with Crippen molar-refractivity contribution >= 4 is 17.7 Å². The highest BCUT2D eigenvalue weighted by Crippen LogP contribution is 2.31. The van der Waals surface area contributed by atoms with Crippen LogP contribution in [0.15, 0.2) is 24.3 Å². The van der Waals surface area contributed by atoms with Gasteiger partial charge in [0.1, 0.15) is 11.6 Å². The number of amides is 1. The Morgan fingerprint density at radius 3 is 2.55 bits per heavy atom. The third-order valence-electron chi connectivity index (χ3n) is 6.40. The average molecular weight is 424 g/mol. The van der Waals surface area contributed by atoms with Gasteiger partial charge in [-0.15, -0.1) is 0 Å². The molecule has 7 heteroatoms. The molecule has 0 saturated carbocycles. The van der Waals surface area contributed by atoms with Crippen LogP contribution in [0.25, 0.3) is 0 Å². The average Bonchev–Trinajstić information content (AvgIpc) is 2.82. The Balaban J connectivity index is 1.68. The molecule has 1 amide bonds. The van der Waals surface area contributed by atoms with Crippen molar-refractivity contribution in [2.24, 2.45) is 0 Å². The third kappa shape index (κ3) is 4.31. The van der Waals surface area contributed by atoms with Gasteiger partial charge >= 0.3 is 0 Å². The number of para-hydroxylation sites is 1. The summed E-state index contributed by atoms with van der Waals surface area (Å²) in [5.41, 5.74) is 2.73. The van der Waals surface area contributed by atoms with Crippen LogP contribution >= 0.6 is 0 Å². The standard InChI is InChI=1S/C24H33N5O2/c1-17(2)27(3)22-19-16-29(23(30)18-10-6-7-11-21(18)31-4)15-12-20(19)25-24(26-22)28-13-8-5-9-14-28/h6-7,10-11,17H,5,8-9,12-16H2,1-4H3. The molecule has 2 aromatic rings. The van der Waals surface area contributed by atoms with Crippen LogP contribution < -0.4 is 14.5 Å². The van der Waals surface area contributed by atoms with Crippen molar-refractivity contribution < 1.29 is 9.53 Å². The molecule has 166 valence electrons. The molecule has 1 fully saturated rings. The fourth-order valence-electron chi connectivity index (χ4n) is 4.32. The van der Waals surface area contributed by atoms with Crippen LogP contribution in [-0.4, -0.2) is 60.6 Å². The zero-order valence-corrected chi connectivity index (χ0v) is 19.1. The van der Waals surface area contributed by atoms with Gasteiger partial charge in [-0.05, 0) is 45.2 Å². The minimum Gasteiger partial charge on any atom is -0.496 e. The Labute approximate surface area is 185 Å². The van der Waals surface area contributed by atoms with Crippen molar-refractivity contribution in [3.05, 3.63) is 41.1 Å². The number of benzene rings is 1. The van der Waals surface area contributed by atoms with Crippen molar-refractivity contribution in [3.8, 4) is 5.75 Å². The maximum Gasteiger partial charge on any atom is 0.257 e. The molecule has 2 aliphatic heterocycles. The van der Waals surface area contributed by atoms with Crippen molar-refractivity contribution in [2.75, 3.05) is 43.6 Å². The summed E-state index contributed by atoms with van der Waals surface area (Å²) < 4.78 is 5.42. The Morgan fingerprint density at radius 1 is 1.10 bits per heavy atom. The number of methoxy groups -OCH3 is 1. The lowest BCUT2D eigenvalue weighted by Gasteiger charge is -2.35. The number of hydrogen-bond acceptors (Lipinski definition) is 6. The number of rotatable bonds is 5. The topological polar surface area (TPSA) is 61.8 Å². The number of nitrogens with zero attached hydrogens (tertiary/aromatic N) is 5. The molecule has 1 aromatic carbocycles.